The fourth-order valence-corrected chi connectivity index (χ4v) is 3.44. The summed E-state index contributed by atoms with van der Waals surface area (Å²) in [5, 5.41) is 0. The molecule has 0 aromatic heterocycles. The summed E-state index contributed by atoms with van der Waals surface area (Å²) in [6.45, 7) is 2.11. The first-order valence-corrected chi connectivity index (χ1v) is 8.61. The summed E-state index contributed by atoms with van der Waals surface area (Å²) in [7, 11) is 0. The standard InChI is InChI=1S/C18H21F7O/c1-2-3-11-4-6-12(7-5-11)13-8-9-15(14(19)10-13)26-18(24,25)16(20)17(21,22)23/h8-12,16H,2-7H2,1H3. The highest BCUT2D eigenvalue weighted by molar-refractivity contribution is 5.32. The topological polar surface area (TPSA) is 9.23 Å². The van der Waals surface area contributed by atoms with Gasteiger partial charge in [-0.1, -0.05) is 25.8 Å². The van der Waals surface area contributed by atoms with E-state index in [1.807, 2.05) is 0 Å². The molecule has 26 heavy (non-hydrogen) atoms. The van der Waals surface area contributed by atoms with Crippen LogP contribution in [-0.4, -0.2) is 18.5 Å². The maximum absolute atomic E-state index is 14.0. The number of hydrogen-bond acceptors (Lipinski definition) is 1. The highest BCUT2D eigenvalue weighted by Gasteiger charge is 2.59. The molecule has 1 fully saturated rings. The zero-order chi connectivity index (χ0) is 19.5. The zero-order valence-corrected chi connectivity index (χ0v) is 14.3. The average molecular weight is 386 g/mol. The maximum atomic E-state index is 14.0. The summed E-state index contributed by atoms with van der Waals surface area (Å²) in [4.78, 5) is 0. The van der Waals surface area contributed by atoms with Crippen LogP contribution in [0.25, 0.3) is 0 Å². The molecule has 0 heterocycles. The van der Waals surface area contributed by atoms with E-state index in [2.05, 4.69) is 11.7 Å². The number of hydrogen-bond donors (Lipinski definition) is 0. The molecule has 1 saturated carbocycles. The predicted molar refractivity (Wildman–Crippen MR) is 82.5 cm³/mol. The summed E-state index contributed by atoms with van der Waals surface area (Å²) >= 11 is 0. The zero-order valence-electron chi connectivity index (χ0n) is 14.3. The Morgan fingerprint density at radius 1 is 1.08 bits per heavy atom. The molecule has 148 valence electrons. The lowest BCUT2D eigenvalue weighted by Gasteiger charge is -2.29. The van der Waals surface area contributed by atoms with Crippen molar-refractivity contribution < 1.29 is 35.5 Å². The van der Waals surface area contributed by atoms with E-state index in [1.54, 1.807) is 0 Å². The minimum absolute atomic E-state index is 0.0660. The smallest absolute Gasteiger partial charge is 0.427 e. The second-order valence-corrected chi connectivity index (χ2v) is 6.76. The van der Waals surface area contributed by atoms with Crippen molar-refractivity contribution in [2.24, 2.45) is 5.92 Å². The first-order chi connectivity index (χ1) is 12.0. The van der Waals surface area contributed by atoms with E-state index in [9.17, 15) is 30.7 Å². The van der Waals surface area contributed by atoms with E-state index >= 15 is 0 Å². The van der Waals surface area contributed by atoms with Gasteiger partial charge in [0.2, 0.25) is 0 Å². The van der Waals surface area contributed by atoms with Gasteiger partial charge in [0.05, 0.1) is 0 Å². The number of ether oxygens (including phenoxy) is 1. The van der Waals surface area contributed by atoms with Crippen LogP contribution in [0.5, 0.6) is 5.75 Å². The second kappa shape index (κ2) is 8.05. The number of rotatable bonds is 6. The van der Waals surface area contributed by atoms with Crippen molar-refractivity contribution in [1.82, 2.24) is 0 Å². The van der Waals surface area contributed by atoms with E-state index in [0.717, 1.165) is 50.7 Å². The van der Waals surface area contributed by atoms with Crippen molar-refractivity contribution >= 4 is 0 Å². The van der Waals surface area contributed by atoms with Gasteiger partial charge in [0, 0.05) is 0 Å². The molecule has 1 unspecified atom stereocenters. The number of halogens is 7. The molecule has 1 aliphatic rings. The van der Waals surface area contributed by atoms with Gasteiger partial charge in [-0.05, 0) is 55.2 Å². The van der Waals surface area contributed by atoms with E-state index in [0.29, 0.717) is 11.5 Å². The summed E-state index contributed by atoms with van der Waals surface area (Å²) in [5.74, 6) is -1.64. The van der Waals surface area contributed by atoms with Crippen LogP contribution in [0.1, 0.15) is 56.9 Å². The molecule has 0 N–H and O–H groups in total. The average Bonchev–Trinajstić information content (AvgIpc) is 2.56. The van der Waals surface area contributed by atoms with Gasteiger partial charge in [-0.2, -0.15) is 22.0 Å². The predicted octanol–water partition coefficient (Wildman–Crippen LogP) is 6.77. The Hall–Kier alpha value is -1.47. The SMILES string of the molecule is CCCC1CCC(c2ccc(OC(F)(F)C(F)C(F)(F)F)c(F)c2)CC1. The molecule has 1 aromatic rings. The van der Waals surface area contributed by atoms with Crippen molar-refractivity contribution in [3.8, 4) is 5.75 Å². The first-order valence-electron chi connectivity index (χ1n) is 8.61. The molecule has 1 aromatic carbocycles. The molecule has 2 rings (SSSR count). The molecule has 0 aliphatic heterocycles. The number of benzene rings is 1. The lowest BCUT2D eigenvalue weighted by molar-refractivity contribution is -0.305. The van der Waals surface area contributed by atoms with Crippen LogP contribution in [0.15, 0.2) is 18.2 Å². The highest BCUT2D eigenvalue weighted by atomic mass is 19.4. The Morgan fingerprint density at radius 3 is 2.19 bits per heavy atom. The van der Waals surface area contributed by atoms with Gasteiger partial charge < -0.3 is 4.74 Å². The molecule has 0 bridgehead atoms. The molecule has 0 radical (unpaired) electrons. The Bertz CT molecular complexity index is 592. The quantitative estimate of drug-likeness (QED) is 0.490. The third-order valence-electron chi connectivity index (χ3n) is 4.80. The monoisotopic (exact) mass is 386 g/mol. The van der Waals surface area contributed by atoms with Crippen LogP contribution in [0.2, 0.25) is 0 Å². The minimum Gasteiger partial charge on any atom is -0.427 e. The van der Waals surface area contributed by atoms with Crippen LogP contribution in [0, 0.1) is 11.7 Å². The van der Waals surface area contributed by atoms with E-state index in [-0.39, 0.29) is 5.92 Å². The Balaban J connectivity index is 2.06. The largest absolute Gasteiger partial charge is 0.439 e. The van der Waals surface area contributed by atoms with Gasteiger partial charge in [-0.15, -0.1) is 0 Å². The van der Waals surface area contributed by atoms with E-state index in [1.165, 1.54) is 6.07 Å². The molecular weight excluding hydrogens is 365 g/mol. The number of alkyl halides is 6. The Morgan fingerprint density at radius 2 is 1.69 bits per heavy atom. The van der Waals surface area contributed by atoms with Crippen molar-refractivity contribution in [1.29, 1.82) is 0 Å². The second-order valence-electron chi connectivity index (χ2n) is 6.76. The van der Waals surface area contributed by atoms with Crippen molar-refractivity contribution in [2.45, 2.75) is 69.8 Å². The van der Waals surface area contributed by atoms with Gasteiger partial charge >= 0.3 is 12.3 Å². The van der Waals surface area contributed by atoms with Crippen LogP contribution >= 0.6 is 0 Å². The molecule has 1 nitrogen and oxygen atoms in total. The fourth-order valence-electron chi connectivity index (χ4n) is 3.44. The van der Waals surface area contributed by atoms with Crippen LogP contribution in [0.3, 0.4) is 0 Å². The third kappa shape index (κ3) is 5.04. The molecule has 1 aliphatic carbocycles. The summed E-state index contributed by atoms with van der Waals surface area (Å²) < 4.78 is 93.5. The third-order valence-corrected chi connectivity index (χ3v) is 4.80. The van der Waals surface area contributed by atoms with Gasteiger partial charge in [0.25, 0.3) is 6.17 Å². The molecular formula is C18H21F7O. The highest BCUT2D eigenvalue weighted by Crippen LogP contribution is 2.40. The maximum Gasteiger partial charge on any atom is 0.439 e. The summed E-state index contributed by atoms with van der Waals surface area (Å²) in [6.07, 6.45) is -9.68. The van der Waals surface area contributed by atoms with E-state index in [4.69, 9.17) is 0 Å². The minimum atomic E-state index is -5.81. The van der Waals surface area contributed by atoms with Gasteiger partial charge in [-0.3, -0.25) is 0 Å². The van der Waals surface area contributed by atoms with Crippen LogP contribution in [-0.2, 0) is 0 Å². The van der Waals surface area contributed by atoms with Crippen LogP contribution in [0.4, 0.5) is 30.7 Å². The van der Waals surface area contributed by atoms with Gasteiger partial charge in [-0.25, -0.2) is 8.78 Å². The molecule has 8 heteroatoms. The van der Waals surface area contributed by atoms with Crippen molar-refractivity contribution in [3.63, 3.8) is 0 Å². The molecule has 1 atom stereocenters. The lowest BCUT2D eigenvalue weighted by Crippen LogP contribution is -2.45. The summed E-state index contributed by atoms with van der Waals surface area (Å²) in [5.41, 5.74) is 0.584. The fraction of sp³-hybridized carbons (Fsp3) is 0.667. The molecule has 0 amide bonds. The van der Waals surface area contributed by atoms with Crippen molar-refractivity contribution in [3.05, 3.63) is 29.6 Å². The van der Waals surface area contributed by atoms with Crippen LogP contribution < -0.4 is 4.74 Å². The van der Waals surface area contributed by atoms with Crippen molar-refractivity contribution in [2.75, 3.05) is 0 Å². The summed E-state index contributed by atoms with van der Waals surface area (Å²) in [6, 6.07) is 3.16. The van der Waals surface area contributed by atoms with Gasteiger partial charge in [0.15, 0.2) is 11.6 Å². The Labute approximate surface area is 147 Å². The molecule has 0 saturated heterocycles. The van der Waals surface area contributed by atoms with E-state index < -0.39 is 30.0 Å². The molecule has 0 spiro atoms. The Kier molecular flexibility index (Phi) is 6.45. The lowest BCUT2D eigenvalue weighted by atomic mass is 9.77. The first kappa shape index (κ1) is 20.8. The normalized spacial score (nSPS) is 22.9. The van der Waals surface area contributed by atoms with Gasteiger partial charge in [0.1, 0.15) is 0 Å².